The van der Waals surface area contributed by atoms with Crippen LogP contribution in [0.25, 0.3) is 0 Å². The first-order chi connectivity index (χ1) is 8.15. The lowest BCUT2D eigenvalue weighted by Crippen LogP contribution is -2.11. The van der Waals surface area contributed by atoms with E-state index >= 15 is 0 Å². The van der Waals surface area contributed by atoms with E-state index in [1.54, 1.807) is 6.20 Å². The maximum Gasteiger partial charge on any atom is 0.125 e. The summed E-state index contributed by atoms with van der Waals surface area (Å²) >= 11 is 0. The molecule has 0 aliphatic carbocycles. The van der Waals surface area contributed by atoms with Gasteiger partial charge in [0.1, 0.15) is 11.6 Å². The van der Waals surface area contributed by atoms with E-state index in [9.17, 15) is 4.39 Å². The Morgan fingerprint density at radius 3 is 2.76 bits per heavy atom. The fraction of sp³-hybridized carbons (Fsp3) is 0.308. The Morgan fingerprint density at radius 1 is 1.29 bits per heavy atom. The Morgan fingerprint density at radius 2 is 2.12 bits per heavy atom. The first-order valence-electron chi connectivity index (χ1n) is 5.64. The predicted molar refractivity (Wildman–Crippen MR) is 66.6 cm³/mol. The van der Waals surface area contributed by atoms with E-state index in [1.165, 1.54) is 12.1 Å². The van der Waals surface area contributed by atoms with Crippen LogP contribution in [0.5, 0.6) is 0 Å². The number of aryl methyl sites for hydroxylation is 2. The van der Waals surface area contributed by atoms with Gasteiger partial charge in [-0.25, -0.2) is 9.37 Å². The summed E-state index contributed by atoms with van der Waals surface area (Å²) in [7, 11) is 0. The minimum atomic E-state index is -0.202. The topological polar surface area (TPSA) is 29.9 Å². The SMILES string of the molecule is Cc1cc(F)cc(NCCn2ccnc2C)c1. The smallest absolute Gasteiger partial charge is 0.125 e. The van der Waals surface area contributed by atoms with Crippen LogP contribution in [0.3, 0.4) is 0 Å². The molecule has 0 radical (unpaired) electrons. The van der Waals surface area contributed by atoms with Crippen LogP contribution in [0.1, 0.15) is 11.4 Å². The summed E-state index contributed by atoms with van der Waals surface area (Å²) in [6, 6.07) is 4.96. The standard InChI is InChI=1S/C13H16FN3/c1-10-7-12(14)9-13(8-10)16-4-6-17-5-3-15-11(17)2/h3,5,7-9,16H,4,6H2,1-2H3. The number of hydrogen-bond donors (Lipinski definition) is 1. The zero-order valence-corrected chi connectivity index (χ0v) is 10.1. The fourth-order valence-corrected chi connectivity index (χ4v) is 1.80. The Hall–Kier alpha value is -1.84. The molecule has 17 heavy (non-hydrogen) atoms. The van der Waals surface area contributed by atoms with E-state index in [4.69, 9.17) is 0 Å². The highest BCUT2D eigenvalue weighted by molar-refractivity contribution is 5.45. The van der Waals surface area contributed by atoms with Crippen molar-refractivity contribution in [2.75, 3.05) is 11.9 Å². The summed E-state index contributed by atoms with van der Waals surface area (Å²) in [6.45, 7) is 5.42. The minimum Gasteiger partial charge on any atom is -0.383 e. The quantitative estimate of drug-likeness (QED) is 0.880. The second kappa shape index (κ2) is 4.99. The van der Waals surface area contributed by atoms with Gasteiger partial charge in [0, 0.05) is 31.2 Å². The third-order valence-corrected chi connectivity index (χ3v) is 2.65. The van der Waals surface area contributed by atoms with Crippen molar-refractivity contribution in [3.05, 3.63) is 47.8 Å². The highest BCUT2D eigenvalue weighted by Gasteiger charge is 1.99. The molecule has 2 aromatic rings. The van der Waals surface area contributed by atoms with Crippen molar-refractivity contribution in [1.82, 2.24) is 9.55 Å². The molecule has 0 bridgehead atoms. The van der Waals surface area contributed by atoms with Gasteiger partial charge in [-0.2, -0.15) is 0 Å². The van der Waals surface area contributed by atoms with Crippen LogP contribution >= 0.6 is 0 Å². The molecule has 0 saturated carbocycles. The van der Waals surface area contributed by atoms with E-state index in [-0.39, 0.29) is 5.82 Å². The van der Waals surface area contributed by atoms with Crippen molar-refractivity contribution >= 4 is 5.69 Å². The molecule has 0 amide bonds. The number of aromatic nitrogens is 2. The van der Waals surface area contributed by atoms with Crippen LogP contribution in [-0.4, -0.2) is 16.1 Å². The zero-order chi connectivity index (χ0) is 12.3. The average molecular weight is 233 g/mol. The third kappa shape index (κ3) is 3.06. The first kappa shape index (κ1) is 11.6. The molecule has 1 heterocycles. The molecule has 4 heteroatoms. The van der Waals surface area contributed by atoms with Gasteiger partial charge in [-0.15, -0.1) is 0 Å². The molecule has 0 aliphatic rings. The molecule has 1 N–H and O–H groups in total. The van der Waals surface area contributed by atoms with E-state index in [0.29, 0.717) is 0 Å². The van der Waals surface area contributed by atoms with Crippen molar-refractivity contribution in [2.45, 2.75) is 20.4 Å². The maximum absolute atomic E-state index is 13.1. The van der Waals surface area contributed by atoms with E-state index in [2.05, 4.69) is 14.9 Å². The monoisotopic (exact) mass is 233 g/mol. The van der Waals surface area contributed by atoms with Gasteiger partial charge in [0.25, 0.3) is 0 Å². The number of benzene rings is 1. The van der Waals surface area contributed by atoms with E-state index in [1.807, 2.05) is 26.1 Å². The van der Waals surface area contributed by atoms with Crippen LogP contribution in [-0.2, 0) is 6.54 Å². The number of anilines is 1. The van der Waals surface area contributed by atoms with E-state index in [0.717, 1.165) is 30.2 Å². The van der Waals surface area contributed by atoms with E-state index < -0.39 is 0 Å². The molecule has 2 rings (SSSR count). The number of rotatable bonds is 4. The van der Waals surface area contributed by atoms with Crippen molar-refractivity contribution in [3.63, 3.8) is 0 Å². The lowest BCUT2D eigenvalue weighted by molar-refractivity contribution is 0.626. The van der Waals surface area contributed by atoms with Crippen LogP contribution < -0.4 is 5.32 Å². The number of imidazole rings is 1. The Bertz CT molecular complexity index is 485. The highest BCUT2D eigenvalue weighted by Crippen LogP contribution is 2.12. The third-order valence-electron chi connectivity index (χ3n) is 2.65. The van der Waals surface area contributed by atoms with Crippen molar-refractivity contribution in [1.29, 1.82) is 0 Å². The summed E-state index contributed by atoms with van der Waals surface area (Å²) < 4.78 is 15.2. The normalized spacial score (nSPS) is 10.5. The van der Waals surface area contributed by atoms with Crippen molar-refractivity contribution in [3.8, 4) is 0 Å². The molecule has 0 atom stereocenters. The molecule has 3 nitrogen and oxygen atoms in total. The maximum atomic E-state index is 13.1. The molecule has 1 aromatic heterocycles. The molecule has 0 saturated heterocycles. The molecule has 0 aliphatic heterocycles. The number of halogens is 1. The summed E-state index contributed by atoms with van der Waals surface area (Å²) in [5, 5.41) is 3.20. The number of nitrogens with zero attached hydrogens (tertiary/aromatic N) is 2. The van der Waals surface area contributed by atoms with Gasteiger partial charge in [-0.3, -0.25) is 0 Å². The first-order valence-corrected chi connectivity index (χ1v) is 5.64. The summed E-state index contributed by atoms with van der Waals surface area (Å²) in [5.74, 6) is 0.786. The summed E-state index contributed by atoms with van der Waals surface area (Å²) in [5.41, 5.74) is 1.74. The largest absolute Gasteiger partial charge is 0.383 e. The van der Waals surface area contributed by atoms with Crippen LogP contribution in [0.4, 0.5) is 10.1 Å². The molecule has 1 aromatic carbocycles. The van der Waals surface area contributed by atoms with Crippen LogP contribution in [0.15, 0.2) is 30.6 Å². The highest BCUT2D eigenvalue weighted by atomic mass is 19.1. The predicted octanol–water partition coefficient (Wildman–Crippen LogP) is 2.75. The number of hydrogen-bond acceptors (Lipinski definition) is 2. The fourth-order valence-electron chi connectivity index (χ4n) is 1.80. The van der Waals surface area contributed by atoms with Gasteiger partial charge in [0.15, 0.2) is 0 Å². The lowest BCUT2D eigenvalue weighted by Gasteiger charge is -2.09. The second-order valence-corrected chi connectivity index (χ2v) is 4.11. The number of nitrogens with one attached hydrogen (secondary N) is 1. The molecule has 0 unspecified atom stereocenters. The summed E-state index contributed by atoms with van der Waals surface area (Å²) in [6.07, 6.45) is 3.72. The van der Waals surface area contributed by atoms with Crippen molar-refractivity contribution in [2.24, 2.45) is 0 Å². The van der Waals surface area contributed by atoms with Crippen LogP contribution in [0, 0.1) is 19.7 Å². The van der Waals surface area contributed by atoms with Gasteiger partial charge < -0.3 is 9.88 Å². The lowest BCUT2D eigenvalue weighted by atomic mass is 10.2. The van der Waals surface area contributed by atoms with Gasteiger partial charge in [-0.1, -0.05) is 0 Å². The average Bonchev–Trinajstić information content (AvgIpc) is 2.63. The van der Waals surface area contributed by atoms with Gasteiger partial charge in [-0.05, 0) is 37.6 Å². The van der Waals surface area contributed by atoms with Gasteiger partial charge in [0.2, 0.25) is 0 Å². The van der Waals surface area contributed by atoms with Crippen LogP contribution in [0.2, 0.25) is 0 Å². The minimum absolute atomic E-state index is 0.202. The molecule has 90 valence electrons. The summed E-state index contributed by atoms with van der Waals surface area (Å²) in [4.78, 5) is 4.15. The zero-order valence-electron chi connectivity index (χ0n) is 10.1. The molecule has 0 fully saturated rings. The van der Waals surface area contributed by atoms with Gasteiger partial charge >= 0.3 is 0 Å². The molecular weight excluding hydrogens is 217 g/mol. The van der Waals surface area contributed by atoms with Gasteiger partial charge in [0.05, 0.1) is 0 Å². The molecule has 0 spiro atoms. The Kier molecular flexibility index (Phi) is 3.42. The molecular formula is C13H16FN3. The second-order valence-electron chi connectivity index (χ2n) is 4.11. The Balaban J connectivity index is 1.92. The van der Waals surface area contributed by atoms with Crippen molar-refractivity contribution < 1.29 is 4.39 Å². The Labute approximate surface area is 100 Å².